The monoisotopic (exact) mass is 422 g/mol. The molecule has 3 rings (SSSR count). The molecule has 1 heterocycles. The average Bonchev–Trinajstić information content (AvgIpc) is 2.68. The molecule has 3 aromatic rings. The molecule has 1 atom stereocenters. The van der Waals surface area contributed by atoms with Gasteiger partial charge in [0.05, 0.1) is 0 Å². The zero-order valence-corrected chi connectivity index (χ0v) is 17.1. The van der Waals surface area contributed by atoms with Crippen molar-refractivity contribution in [3.05, 3.63) is 71.5 Å². The predicted octanol–water partition coefficient (Wildman–Crippen LogP) is 1.30. The summed E-state index contributed by atoms with van der Waals surface area (Å²) in [4.78, 5) is 32.8. The fourth-order valence-corrected chi connectivity index (χ4v) is 4.54. The van der Waals surface area contributed by atoms with Crippen molar-refractivity contribution in [2.24, 2.45) is 0 Å². The van der Waals surface area contributed by atoms with E-state index in [0.29, 0.717) is 5.69 Å². The number of nitrogens with two attached hydrogens (primary N) is 1. The number of benzene rings is 2. The van der Waals surface area contributed by atoms with Crippen LogP contribution < -0.4 is 15.4 Å². The van der Waals surface area contributed by atoms with Crippen LogP contribution in [-0.2, 0) is 0 Å². The predicted molar refractivity (Wildman–Crippen MR) is 108 cm³/mol. The summed E-state index contributed by atoms with van der Waals surface area (Å²) in [5, 5.41) is 2.50. The Balaban J connectivity index is 1.86. The third kappa shape index (κ3) is 4.41. The van der Waals surface area contributed by atoms with Crippen molar-refractivity contribution in [3.8, 4) is 11.3 Å². The quantitative estimate of drug-likeness (QED) is 0.604. The molecule has 0 radical (unpaired) electrons. The summed E-state index contributed by atoms with van der Waals surface area (Å²) in [5.74, 6) is -0.307. The van der Waals surface area contributed by atoms with Crippen LogP contribution in [0.15, 0.2) is 54.7 Å². The summed E-state index contributed by atoms with van der Waals surface area (Å²) in [7, 11) is 1.51. The molecule has 3 N–H and O–H groups in total. The van der Waals surface area contributed by atoms with E-state index in [2.05, 4.69) is 15.3 Å². The number of amides is 1. The van der Waals surface area contributed by atoms with Gasteiger partial charge in [-0.25, -0.2) is 0 Å². The Morgan fingerprint density at radius 3 is 2.56 bits per heavy atom. The van der Waals surface area contributed by atoms with Gasteiger partial charge in [0.1, 0.15) is 0 Å². The number of nitrogens with one attached hydrogen (secondary N) is 1. The SMILES string of the molecule is CNC(=O)c1nc(-c2cccc([AsH]C(=O)c3ccc(C)cc3)c2)cnc1N. The van der Waals surface area contributed by atoms with Gasteiger partial charge in [-0.3, -0.25) is 0 Å². The van der Waals surface area contributed by atoms with E-state index in [1.807, 2.05) is 55.5 Å². The third-order valence-electron chi connectivity index (χ3n) is 3.97. The number of nitrogens with zero attached hydrogens (tertiary/aromatic N) is 2. The van der Waals surface area contributed by atoms with Crippen LogP contribution in [0.4, 0.5) is 5.82 Å². The molecule has 2 aromatic carbocycles. The van der Waals surface area contributed by atoms with Crippen molar-refractivity contribution >= 4 is 36.4 Å². The van der Waals surface area contributed by atoms with Gasteiger partial charge in [0, 0.05) is 0 Å². The normalized spacial score (nSPS) is 10.9. The van der Waals surface area contributed by atoms with E-state index < -0.39 is 15.8 Å². The molecule has 0 saturated heterocycles. The van der Waals surface area contributed by atoms with Crippen LogP contribution in [0.25, 0.3) is 11.3 Å². The summed E-state index contributed by atoms with van der Waals surface area (Å²) in [6.45, 7) is 1.99. The van der Waals surface area contributed by atoms with Crippen LogP contribution in [0.2, 0.25) is 0 Å². The third-order valence-corrected chi connectivity index (χ3v) is 6.31. The summed E-state index contributed by atoms with van der Waals surface area (Å²) < 4.78 is 1.15. The average molecular weight is 422 g/mol. The van der Waals surface area contributed by atoms with Crippen molar-refractivity contribution in [1.29, 1.82) is 0 Å². The van der Waals surface area contributed by atoms with E-state index in [9.17, 15) is 9.59 Å². The number of hydrogen-bond acceptors (Lipinski definition) is 5. The minimum atomic E-state index is -1.01. The van der Waals surface area contributed by atoms with Gasteiger partial charge in [-0.15, -0.1) is 0 Å². The second-order valence-corrected chi connectivity index (χ2v) is 8.66. The van der Waals surface area contributed by atoms with Gasteiger partial charge in [0.2, 0.25) is 0 Å². The van der Waals surface area contributed by atoms with Gasteiger partial charge in [-0.05, 0) is 0 Å². The Morgan fingerprint density at radius 1 is 1.11 bits per heavy atom. The van der Waals surface area contributed by atoms with E-state index in [1.54, 1.807) is 0 Å². The van der Waals surface area contributed by atoms with E-state index in [-0.39, 0.29) is 22.0 Å². The first-order valence-corrected chi connectivity index (χ1v) is 10.4. The van der Waals surface area contributed by atoms with Crippen LogP contribution in [0, 0.1) is 6.92 Å². The van der Waals surface area contributed by atoms with Gasteiger partial charge in [0.15, 0.2) is 0 Å². The molecule has 27 heavy (non-hydrogen) atoms. The first kappa shape index (κ1) is 18.8. The van der Waals surface area contributed by atoms with E-state index in [0.717, 1.165) is 21.0 Å². The molecule has 7 heteroatoms. The van der Waals surface area contributed by atoms with Crippen LogP contribution in [0.5, 0.6) is 0 Å². The standard InChI is InChI=1S/C20H19AsN4O2/c1-12-6-8-13(9-7-12)18(26)21-15-5-3-4-14(10-15)16-11-24-19(22)17(25-16)20(27)23-2/h3-11,21H,1-2H3,(H2,22,24)(H,23,27). The van der Waals surface area contributed by atoms with Gasteiger partial charge < -0.3 is 0 Å². The maximum absolute atomic E-state index is 12.6. The maximum atomic E-state index is 12.6. The first-order chi connectivity index (χ1) is 13.0. The van der Waals surface area contributed by atoms with Crippen molar-refractivity contribution in [1.82, 2.24) is 15.3 Å². The van der Waals surface area contributed by atoms with Gasteiger partial charge >= 0.3 is 164 Å². The minimum absolute atomic E-state index is 0.0808. The Hall–Kier alpha value is -2.98. The van der Waals surface area contributed by atoms with Crippen LogP contribution in [-0.4, -0.2) is 43.2 Å². The number of carbonyl (C=O) groups is 2. The van der Waals surface area contributed by atoms with Gasteiger partial charge in [-0.2, -0.15) is 0 Å². The van der Waals surface area contributed by atoms with Gasteiger partial charge in [0.25, 0.3) is 0 Å². The number of aromatic nitrogens is 2. The molecule has 1 amide bonds. The molecular formula is C20H19AsN4O2. The fraction of sp³-hybridized carbons (Fsp3) is 0.100. The number of aryl methyl sites for hydroxylation is 1. The fourth-order valence-electron chi connectivity index (χ4n) is 2.49. The molecule has 0 fully saturated rings. The number of rotatable bonds is 5. The van der Waals surface area contributed by atoms with Crippen LogP contribution >= 0.6 is 0 Å². The second kappa shape index (κ2) is 8.14. The molecule has 0 saturated carbocycles. The van der Waals surface area contributed by atoms with Gasteiger partial charge in [-0.1, -0.05) is 0 Å². The summed E-state index contributed by atoms with van der Waals surface area (Å²) in [5.41, 5.74) is 9.03. The molecule has 0 spiro atoms. The molecular weight excluding hydrogens is 403 g/mol. The molecule has 0 aliphatic heterocycles. The Bertz CT molecular complexity index is 1000. The van der Waals surface area contributed by atoms with Crippen molar-refractivity contribution in [3.63, 3.8) is 0 Å². The van der Waals surface area contributed by atoms with Crippen molar-refractivity contribution < 1.29 is 9.59 Å². The second-order valence-electron chi connectivity index (χ2n) is 5.97. The van der Waals surface area contributed by atoms with E-state index >= 15 is 0 Å². The number of hydrogen-bond donors (Lipinski definition) is 2. The molecule has 0 bridgehead atoms. The van der Waals surface area contributed by atoms with Crippen molar-refractivity contribution in [2.75, 3.05) is 12.8 Å². The topological polar surface area (TPSA) is 98.0 Å². The number of anilines is 1. The van der Waals surface area contributed by atoms with Crippen LogP contribution in [0.3, 0.4) is 0 Å². The van der Waals surface area contributed by atoms with E-state index in [4.69, 9.17) is 5.73 Å². The molecule has 0 aliphatic carbocycles. The molecule has 1 unspecified atom stereocenters. The molecule has 6 nitrogen and oxygen atoms in total. The summed E-state index contributed by atoms with van der Waals surface area (Å²) in [6, 6.07) is 15.3. The summed E-state index contributed by atoms with van der Waals surface area (Å²) >= 11 is -1.01. The molecule has 0 aliphatic rings. The number of nitrogen functional groups attached to an aromatic ring is 1. The summed E-state index contributed by atoms with van der Waals surface area (Å²) in [6.07, 6.45) is 1.53. The Labute approximate surface area is 163 Å². The van der Waals surface area contributed by atoms with Crippen molar-refractivity contribution in [2.45, 2.75) is 6.92 Å². The zero-order chi connectivity index (χ0) is 19.4. The first-order valence-electron chi connectivity index (χ1n) is 8.31. The zero-order valence-electron chi connectivity index (χ0n) is 15.0. The van der Waals surface area contributed by atoms with Crippen LogP contribution in [0.1, 0.15) is 26.4 Å². The van der Waals surface area contributed by atoms with E-state index in [1.165, 1.54) is 13.2 Å². The Kier molecular flexibility index (Phi) is 5.67. The molecule has 136 valence electrons. The number of carbonyl (C=O) groups excluding carboxylic acids is 2. The molecule has 1 aromatic heterocycles. The Morgan fingerprint density at radius 2 is 1.85 bits per heavy atom.